The first-order chi connectivity index (χ1) is 46.0. The molecule has 0 aliphatic carbocycles. The van der Waals surface area contributed by atoms with Crippen molar-refractivity contribution < 1.29 is 18.9 Å². The van der Waals surface area contributed by atoms with Gasteiger partial charge in [-0.05, 0) is 162 Å². The largest absolute Gasteiger partial charge is 0.449 e. The third kappa shape index (κ3) is 10.1. The van der Waals surface area contributed by atoms with E-state index in [1.165, 1.54) is 52.6 Å². The molecule has 6 nitrogen and oxygen atoms in total. The molecule has 0 fully saturated rings. The number of nitrogens with zero attached hydrogens (tertiary/aromatic N) is 1. The number of halogens is 1. The summed E-state index contributed by atoms with van der Waals surface area (Å²) in [7, 11) is -5.34. The minimum absolute atomic E-state index is 0.741. The van der Waals surface area contributed by atoms with E-state index >= 15 is 0 Å². The predicted octanol–water partition coefficient (Wildman–Crippen LogP) is 17.4. The van der Waals surface area contributed by atoms with Gasteiger partial charge in [-0.1, -0.05) is 254 Å². The van der Waals surface area contributed by atoms with Gasteiger partial charge in [-0.3, -0.25) is 0 Å². The second-order valence-corrected chi connectivity index (χ2v) is 31.1. The Morgan fingerprint density at radius 3 is 0.968 bits per heavy atom. The maximum atomic E-state index is 6.68. The fraction of sp³-hybridized carbons (Fsp3) is 0. The number of nitrogens with one attached hydrogen (secondary N) is 1. The highest BCUT2D eigenvalue weighted by atomic mass is 35.5. The van der Waals surface area contributed by atoms with E-state index in [1.807, 2.05) is 121 Å². The lowest BCUT2D eigenvalue weighted by Gasteiger charge is -2.32. The highest BCUT2D eigenvalue weighted by Crippen LogP contribution is 2.52. The highest BCUT2D eigenvalue weighted by molar-refractivity contribution is 7.23. The van der Waals surface area contributed by atoms with E-state index in [0.29, 0.717) is 0 Å². The van der Waals surface area contributed by atoms with Crippen LogP contribution >= 0.6 is 11.6 Å². The molecule has 14 aromatic rings. The fourth-order valence-corrected chi connectivity index (χ4v) is 24.4. The van der Waals surface area contributed by atoms with Gasteiger partial charge < -0.3 is 29.2 Å². The zero-order valence-corrected chi connectivity index (χ0v) is 53.2. The molecular formula is C84H59ClN2O4Si2. The van der Waals surface area contributed by atoms with Gasteiger partial charge in [0.15, 0.2) is 62.1 Å². The van der Waals surface area contributed by atoms with Crippen molar-refractivity contribution in [3.05, 3.63) is 357 Å². The zero-order chi connectivity index (χ0) is 62.1. The summed E-state index contributed by atoms with van der Waals surface area (Å²) in [5, 5.41) is 14.7. The Morgan fingerprint density at radius 2 is 0.559 bits per heavy atom. The van der Waals surface area contributed by atoms with Crippen LogP contribution in [0.25, 0.3) is 22.3 Å². The van der Waals surface area contributed by atoms with Crippen LogP contribution in [-0.2, 0) is 0 Å². The molecule has 0 saturated carbocycles. The molecule has 444 valence electrons. The van der Waals surface area contributed by atoms with Crippen molar-refractivity contribution in [1.29, 1.82) is 0 Å². The highest BCUT2D eigenvalue weighted by Gasteiger charge is 2.52. The standard InChI is InChI=1S/C42H29NO2Si.C30H19ClO2Si.C12H11N/c1-4-14-30(15-5-1)43(31-16-6-2-7-17-31)32-24-26-34(27-25-32)46(33-18-8-3-9-19-33)39-23-13-10-20-35(39)41-40(46)29-28-38-42(41)45-37-22-12-11-21-36(37)44-38;31-20-14-16-22(17-15-20)34(21-8-2-1-3-9-21)27-13-7-4-10-23(27)29-28(34)19-18-26-30(29)33-25-12-6-5-11-24(25)32-26;1-3-7-11(8-4-1)13-12-9-5-2-6-10-12/h1-29H;1-19H;1-10,13H. The zero-order valence-electron chi connectivity index (χ0n) is 50.4. The lowest BCUT2D eigenvalue weighted by atomic mass is 10.0. The van der Waals surface area contributed by atoms with Crippen molar-refractivity contribution in [2.24, 2.45) is 0 Å². The molecule has 93 heavy (non-hydrogen) atoms. The average Bonchev–Trinajstić information content (AvgIpc) is 1.55. The molecule has 0 amide bonds. The van der Waals surface area contributed by atoms with Gasteiger partial charge in [-0.2, -0.15) is 0 Å². The van der Waals surface area contributed by atoms with Crippen molar-refractivity contribution >= 4 is 97.7 Å². The van der Waals surface area contributed by atoms with E-state index < -0.39 is 16.1 Å². The summed E-state index contributed by atoms with van der Waals surface area (Å²) in [4.78, 5) is 2.32. The molecule has 1 N–H and O–H groups in total. The molecule has 0 radical (unpaired) electrons. The maximum absolute atomic E-state index is 6.68. The number of ether oxygens (including phenoxy) is 4. The third-order valence-electron chi connectivity index (χ3n) is 17.9. The first-order valence-electron chi connectivity index (χ1n) is 31.2. The van der Waals surface area contributed by atoms with Gasteiger partial charge in [-0.25, -0.2) is 0 Å². The van der Waals surface area contributed by atoms with Gasteiger partial charge in [0, 0.05) is 44.6 Å². The second-order valence-electron chi connectivity index (χ2n) is 23.2. The number of benzene rings is 14. The van der Waals surface area contributed by atoms with Gasteiger partial charge in [0.1, 0.15) is 0 Å². The maximum Gasteiger partial charge on any atom is 0.181 e. The Morgan fingerprint density at radius 1 is 0.247 bits per heavy atom. The second kappa shape index (κ2) is 24.4. The lowest BCUT2D eigenvalue weighted by Crippen LogP contribution is -2.72. The molecule has 0 saturated heterocycles. The van der Waals surface area contributed by atoms with Gasteiger partial charge in [-0.15, -0.1) is 0 Å². The fourth-order valence-electron chi connectivity index (χ4n) is 14.0. The Kier molecular flexibility index (Phi) is 14.9. The molecule has 2 unspecified atom stereocenters. The molecule has 4 aliphatic rings. The first kappa shape index (κ1) is 56.8. The summed E-state index contributed by atoms with van der Waals surface area (Å²) in [6.45, 7) is 0. The molecule has 0 bridgehead atoms. The van der Waals surface area contributed by atoms with Crippen LogP contribution in [0.3, 0.4) is 0 Å². The summed E-state index contributed by atoms with van der Waals surface area (Å²) in [6.07, 6.45) is 0. The van der Waals surface area contributed by atoms with Crippen LogP contribution in [0, 0.1) is 0 Å². The number of para-hydroxylation sites is 8. The molecule has 14 aromatic carbocycles. The van der Waals surface area contributed by atoms with Gasteiger partial charge in [0.05, 0.1) is 0 Å². The number of rotatable bonds is 9. The molecule has 4 aliphatic heterocycles. The predicted molar refractivity (Wildman–Crippen MR) is 387 cm³/mol. The molecule has 0 spiro atoms. The molecule has 0 aromatic heterocycles. The molecule has 2 atom stereocenters. The van der Waals surface area contributed by atoms with E-state index in [1.54, 1.807) is 0 Å². The molecule has 9 heteroatoms. The summed E-state index contributed by atoms with van der Waals surface area (Å²) in [5.74, 6) is 6.06. The monoisotopic (exact) mass is 1250 g/mol. The SMILES string of the molecule is Clc1ccc([Si]2(c3ccccc3)c3ccccc3-c3c2ccc2c3Oc3ccccc3O2)cc1.c1ccc(N(c2ccccc2)c2ccc([Si]3(c4ccccc4)c4ccccc4-c4c3ccc3c4Oc4ccccc4O3)cc2)cc1.c1ccc(Nc2ccccc2)cc1. The Labute approximate surface area is 548 Å². The summed E-state index contributed by atoms with van der Waals surface area (Å²) in [5.41, 5.74) is 10.3. The van der Waals surface area contributed by atoms with Gasteiger partial charge >= 0.3 is 0 Å². The Bertz CT molecular complexity index is 4940. The van der Waals surface area contributed by atoms with E-state index in [0.717, 1.165) is 90.6 Å². The quantitative estimate of drug-likeness (QED) is 0.145. The van der Waals surface area contributed by atoms with E-state index in [2.05, 4.69) is 241 Å². The van der Waals surface area contributed by atoms with Crippen molar-refractivity contribution in [1.82, 2.24) is 0 Å². The average molecular weight is 1250 g/mol. The van der Waals surface area contributed by atoms with Crippen LogP contribution in [0.5, 0.6) is 46.0 Å². The van der Waals surface area contributed by atoms with Crippen LogP contribution in [0.4, 0.5) is 28.4 Å². The molecule has 4 heterocycles. The summed E-state index contributed by atoms with van der Waals surface area (Å²) in [6, 6.07) is 123. The van der Waals surface area contributed by atoms with Gasteiger partial charge in [0.2, 0.25) is 0 Å². The molecule has 18 rings (SSSR count). The topological polar surface area (TPSA) is 52.2 Å². The van der Waals surface area contributed by atoms with Crippen molar-refractivity contribution in [2.75, 3.05) is 10.2 Å². The smallest absolute Gasteiger partial charge is 0.181 e. The normalized spacial score (nSPS) is 15.2. The van der Waals surface area contributed by atoms with Crippen LogP contribution in [-0.4, -0.2) is 16.1 Å². The summed E-state index contributed by atoms with van der Waals surface area (Å²) >= 11 is 6.33. The third-order valence-corrected chi connectivity index (χ3v) is 27.9. The van der Waals surface area contributed by atoms with E-state index in [4.69, 9.17) is 30.5 Å². The number of hydrogen-bond donors (Lipinski definition) is 1. The molecular weight excluding hydrogens is 1190 g/mol. The minimum Gasteiger partial charge on any atom is -0.449 e. The van der Waals surface area contributed by atoms with Crippen molar-refractivity contribution in [3.63, 3.8) is 0 Å². The lowest BCUT2D eigenvalue weighted by molar-refractivity contribution is 0.361. The number of hydrogen-bond acceptors (Lipinski definition) is 6. The first-order valence-corrected chi connectivity index (χ1v) is 35.6. The van der Waals surface area contributed by atoms with Crippen LogP contribution < -0.4 is 70.7 Å². The van der Waals surface area contributed by atoms with Crippen molar-refractivity contribution in [3.8, 4) is 68.2 Å². The van der Waals surface area contributed by atoms with Crippen LogP contribution in [0.1, 0.15) is 0 Å². The minimum atomic E-state index is -2.75. The van der Waals surface area contributed by atoms with Crippen molar-refractivity contribution in [2.45, 2.75) is 0 Å². The number of fused-ring (bicyclic) bond motifs is 12. The Balaban J connectivity index is 0.000000127. The summed E-state index contributed by atoms with van der Waals surface area (Å²) < 4.78 is 25.9. The van der Waals surface area contributed by atoms with Crippen LogP contribution in [0.2, 0.25) is 5.02 Å². The van der Waals surface area contributed by atoms with E-state index in [9.17, 15) is 0 Å². The van der Waals surface area contributed by atoms with Crippen LogP contribution in [0.15, 0.2) is 352 Å². The number of anilines is 5. The van der Waals surface area contributed by atoms with Gasteiger partial charge in [0.25, 0.3) is 0 Å². The van der Waals surface area contributed by atoms with E-state index in [-0.39, 0.29) is 0 Å². The Hall–Kier alpha value is -11.4.